The van der Waals surface area contributed by atoms with Gasteiger partial charge in [-0.2, -0.15) is 0 Å². The van der Waals surface area contributed by atoms with Gasteiger partial charge in [0.25, 0.3) is 0 Å². The van der Waals surface area contributed by atoms with E-state index in [1.165, 1.54) is 7.11 Å². The van der Waals surface area contributed by atoms with Gasteiger partial charge in [0.15, 0.2) is 0 Å². The van der Waals surface area contributed by atoms with Crippen molar-refractivity contribution in [1.82, 2.24) is 4.98 Å². The lowest BCUT2D eigenvalue weighted by atomic mass is 10.2. The Morgan fingerprint density at radius 3 is 3.00 bits per heavy atom. The summed E-state index contributed by atoms with van der Waals surface area (Å²) in [7, 11) is 1.36. The van der Waals surface area contributed by atoms with Crippen LogP contribution < -0.4 is 5.32 Å². The first kappa shape index (κ1) is 13.8. The van der Waals surface area contributed by atoms with Crippen LogP contribution >= 0.6 is 0 Å². The van der Waals surface area contributed by atoms with Crippen LogP contribution in [0, 0.1) is 6.92 Å². The van der Waals surface area contributed by atoms with Gasteiger partial charge in [-0.15, -0.1) is 0 Å². The molecule has 1 aliphatic rings. The maximum absolute atomic E-state index is 11.4. The fraction of sp³-hybridized carbons (Fsp3) is 0.538. The monoisotopic (exact) mass is 266 g/mol. The molecule has 1 N–H and O–H groups in total. The van der Waals surface area contributed by atoms with Crippen LogP contribution in [0.15, 0.2) is 12.1 Å². The Morgan fingerprint density at radius 2 is 2.37 bits per heavy atom. The molecular formula is C13H18N2O4. The molecular weight excluding hydrogens is 248 g/mol. The van der Waals surface area contributed by atoms with Crippen molar-refractivity contribution >= 4 is 11.8 Å². The van der Waals surface area contributed by atoms with Crippen molar-refractivity contribution in [3.63, 3.8) is 0 Å². The number of pyridine rings is 1. The fourth-order valence-corrected chi connectivity index (χ4v) is 1.86. The fourth-order valence-electron chi connectivity index (χ4n) is 1.86. The van der Waals surface area contributed by atoms with E-state index in [9.17, 15) is 4.79 Å². The first-order valence-corrected chi connectivity index (χ1v) is 6.20. The summed E-state index contributed by atoms with van der Waals surface area (Å²) >= 11 is 0. The average molecular weight is 266 g/mol. The normalized spacial score (nSPS) is 18.9. The molecule has 1 saturated heterocycles. The molecule has 2 heterocycles. The smallest absolute Gasteiger partial charge is 0.339 e. The Labute approximate surface area is 112 Å². The summed E-state index contributed by atoms with van der Waals surface area (Å²) in [4.78, 5) is 15.7. The van der Waals surface area contributed by atoms with E-state index >= 15 is 0 Å². The third kappa shape index (κ3) is 3.65. The van der Waals surface area contributed by atoms with E-state index in [1.54, 1.807) is 19.1 Å². The van der Waals surface area contributed by atoms with Crippen molar-refractivity contribution in [3.8, 4) is 0 Å². The quantitative estimate of drug-likeness (QED) is 0.820. The second kappa shape index (κ2) is 6.49. The van der Waals surface area contributed by atoms with Crippen LogP contribution in [0.4, 0.5) is 5.82 Å². The van der Waals surface area contributed by atoms with Crippen molar-refractivity contribution in [2.75, 3.05) is 38.8 Å². The Hall–Kier alpha value is -1.66. The summed E-state index contributed by atoms with van der Waals surface area (Å²) in [5, 5.41) is 3.17. The molecule has 1 fully saturated rings. The Bertz CT molecular complexity index is 444. The summed E-state index contributed by atoms with van der Waals surface area (Å²) < 4.78 is 15.5. The predicted octanol–water partition coefficient (Wildman–Crippen LogP) is 1.00. The molecule has 6 heteroatoms. The number of hydrogen-bond acceptors (Lipinski definition) is 6. The molecule has 1 aromatic rings. The third-order valence-corrected chi connectivity index (χ3v) is 2.89. The molecule has 0 spiro atoms. The van der Waals surface area contributed by atoms with Crippen molar-refractivity contribution in [2.24, 2.45) is 0 Å². The highest BCUT2D eigenvalue weighted by Crippen LogP contribution is 2.12. The first-order chi connectivity index (χ1) is 9.20. The number of ether oxygens (including phenoxy) is 3. The molecule has 0 radical (unpaired) electrons. The lowest BCUT2D eigenvalue weighted by molar-refractivity contribution is -0.0819. The number of hydrogen-bond donors (Lipinski definition) is 1. The van der Waals surface area contributed by atoms with Crippen LogP contribution in [0.1, 0.15) is 16.1 Å². The van der Waals surface area contributed by atoms with Gasteiger partial charge in [-0.05, 0) is 19.1 Å². The van der Waals surface area contributed by atoms with Gasteiger partial charge in [0.05, 0.1) is 44.3 Å². The number of rotatable bonds is 4. The third-order valence-electron chi connectivity index (χ3n) is 2.89. The Balaban J connectivity index is 1.94. The molecule has 1 unspecified atom stereocenters. The van der Waals surface area contributed by atoms with E-state index in [2.05, 4.69) is 15.0 Å². The number of esters is 1. The molecule has 1 aliphatic heterocycles. The van der Waals surface area contributed by atoms with Crippen molar-refractivity contribution in [2.45, 2.75) is 13.0 Å². The van der Waals surface area contributed by atoms with Crippen LogP contribution in [0.3, 0.4) is 0 Å². The number of carbonyl (C=O) groups excluding carboxylic acids is 1. The standard InChI is InChI=1S/C13H18N2O4/c1-9-11(13(16)17-2)3-4-12(15-9)14-7-10-8-18-5-6-19-10/h3-4,10H,5-8H2,1-2H3,(H,14,15). The molecule has 0 bridgehead atoms. The molecule has 6 nitrogen and oxygen atoms in total. The zero-order valence-corrected chi connectivity index (χ0v) is 11.1. The first-order valence-electron chi connectivity index (χ1n) is 6.20. The highest BCUT2D eigenvalue weighted by Gasteiger charge is 2.15. The minimum atomic E-state index is -0.374. The molecule has 1 atom stereocenters. The van der Waals surface area contributed by atoms with E-state index < -0.39 is 0 Å². The lowest BCUT2D eigenvalue weighted by Crippen LogP contribution is -2.34. The molecule has 0 aromatic carbocycles. The number of aromatic nitrogens is 1. The Morgan fingerprint density at radius 1 is 1.53 bits per heavy atom. The maximum atomic E-state index is 11.4. The lowest BCUT2D eigenvalue weighted by Gasteiger charge is -2.23. The summed E-state index contributed by atoms with van der Waals surface area (Å²) in [6, 6.07) is 3.46. The minimum absolute atomic E-state index is 0.0381. The number of aryl methyl sites for hydroxylation is 1. The summed E-state index contributed by atoms with van der Waals surface area (Å²) in [6.45, 7) is 4.27. The topological polar surface area (TPSA) is 69.7 Å². The van der Waals surface area contributed by atoms with Crippen LogP contribution in [0.2, 0.25) is 0 Å². The molecule has 19 heavy (non-hydrogen) atoms. The van der Waals surface area contributed by atoms with Gasteiger partial charge in [0.2, 0.25) is 0 Å². The Kier molecular flexibility index (Phi) is 4.70. The van der Waals surface area contributed by atoms with E-state index in [4.69, 9.17) is 9.47 Å². The van der Waals surface area contributed by atoms with Crippen LogP contribution in [-0.2, 0) is 14.2 Å². The summed E-state index contributed by atoms with van der Waals surface area (Å²) in [6.07, 6.45) is 0.0381. The van der Waals surface area contributed by atoms with Gasteiger partial charge < -0.3 is 19.5 Å². The summed E-state index contributed by atoms with van der Waals surface area (Å²) in [5.74, 6) is 0.333. The second-order valence-corrected chi connectivity index (χ2v) is 4.27. The highest BCUT2D eigenvalue weighted by atomic mass is 16.6. The van der Waals surface area contributed by atoms with Gasteiger partial charge in [-0.3, -0.25) is 0 Å². The van der Waals surface area contributed by atoms with Gasteiger partial charge in [0, 0.05) is 6.54 Å². The number of nitrogens with one attached hydrogen (secondary N) is 1. The van der Waals surface area contributed by atoms with Crippen molar-refractivity contribution in [3.05, 3.63) is 23.4 Å². The van der Waals surface area contributed by atoms with Gasteiger partial charge in [-0.25, -0.2) is 9.78 Å². The second-order valence-electron chi connectivity index (χ2n) is 4.27. The number of methoxy groups -OCH3 is 1. The number of nitrogens with zero attached hydrogens (tertiary/aromatic N) is 1. The minimum Gasteiger partial charge on any atom is -0.465 e. The van der Waals surface area contributed by atoms with E-state index in [1.807, 2.05) is 0 Å². The average Bonchev–Trinajstić information content (AvgIpc) is 2.45. The zero-order valence-electron chi connectivity index (χ0n) is 11.1. The van der Waals surface area contributed by atoms with Crippen molar-refractivity contribution < 1.29 is 19.0 Å². The maximum Gasteiger partial charge on any atom is 0.339 e. The highest BCUT2D eigenvalue weighted by molar-refractivity contribution is 5.90. The van der Waals surface area contributed by atoms with Crippen LogP contribution in [0.5, 0.6) is 0 Å². The largest absolute Gasteiger partial charge is 0.465 e. The van der Waals surface area contributed by atoms with Gasteiger partial charge >= 0.3 is 5.97 Å². The van der Waals surface area contributed by atoms with Crippen molar-refractivity contribution in [1.29, 1.82) is 0 Å². The molecule has 0 amide bonds. The summed E-state index contributed by atoms with van der Waals surface area (Å²) in [5.41, 5.74) is 1.11. The van der Waals surface area contributed by atoms with Crippen LogP contribution in [0.25, 0.3) is 0 Å². The molecule has 2 rings (SSSR count). The predicted molar refractivity (Wildman–Crippen MR) is 69.4 cm³/mol. The molecule has 104 valence electrons. The van der Waals surface area contributed by atoms with Crippen LogP contribution in [-0.4, -0.2) is 50.5 Å². The zero-order chi connectivity index (χ0) is 13.7. The SMILES string of the molecule is COC(=O)c1ccc(NCC2COCCO2)nc1C. The molecule has 1 aromatic heterocycles. The number of anilines is 1. The van der Waals surface area contributed by atoms with E-state index in [0.29, 0.717) is 43.4 Å². The molecule has 0 saturated carbocycles. The van der Waals surface area contributed by atoms with Gasteiger partial charge in [0.1, 0.15) is 5.82 Å². The van der Waals surface area contributed by atoms with E-state index in [0.717, 1.165) is 0 Å². The molecule has 0 aliphatic carbocycles. The van der Waals surface area contributed by atoms with Gasteiger partial charge in [-0.1, -0.05) is 0 Å². The number of carbonyl (C=O) groups is 1. The van der Waals surface area contributed by atoms with E-state index in [-0.39, 0.29) is 12.1 Å².